The molecule has 4 atom stereocenters. The van der Waals surface area contributed by atoms with Crippen LogP contribution in [-0.4, -0.2) is 104 Å². The zero-order valence-corrected chi connectivity index (χ0v) is 21.3. The van der Waals surface area contributed by atoms with Crippen molar-refractivity contribution in [2.75, 3.05) is 28.4 Å². The number of hydrogen-bond donors (Lipinski definition) is 0. The molecule has 1 amide bonds. The van der Waals surface area contributed by atoms with E-state index in [9.17, 15) is 33.6 Å². The molecule has 0 bridgehead atoms. The zero-order chi connectivity index (χ0) is 28.2. The van der Waals surface area contributed by atoms with Gasteiger partial charge in [0, 0.05) is 20.3 Å². The number of esters is 6. The molecule has 2 heterocycles. The van der Waals surface area contributed by atoms with Gasteiger partial charge in [-0.15, -0.1) is 0 Å². The number of nitrogens with zero attached hydrogens (tertiary/aromatic N) is 2. The lowest BCUT2D eigenvalue weighted by Crippen LogP contribution is -2.63. The van der Waals surface area contributed by atoms with Gasteiger partial charge >= 0.3 is 35.8 Å². The average molecular weight is 528 g/mol. The van der Waals surface area contributed by atoms with E-state index in [1.807, 2.05) is 0 Å². The molecule has 0 aromatic heterocycles. The standard InChI is InChI=1S/C22H28N2O13/c1-10(36-11(2)25)18(37-12(3)26)13-8-14(27)23-17(20(30)34-6)16(19(29)33-5)22(24(13)23,21(31)35-7)9-15(28)32-4/h10,13,18H,8-9H2,1-7H3/t10-,13+,18-,22+/m0/s1. The molecule has 1 saturated heterocycles. The number of amides is 1. The van der Waals surface area contributed by atoms with E-state index in [0.29, 0.717) is 5.01 Å². The minimum Gasteiger partial charge on any atom is -0.469 e. The number of hydrazine groups is 1. The molecule has 2 rings (SSSR count). The highest BCUT2D eigenvalue weighted by molar-refractivity contribution is 6.12. The number of rotatable bonds is 9. The number of carbonyl (C=O) groups is 7. The van der Waals surface area contributed by atoms with Gasteiger partial charge in [-0.25, -0.2) is 19.4 Å². The molecule has 1 fully saturated rings. The lowest BCUT2D eigenvalue weighted by atomic mass is 9.83. The molecule has 37 heavy (non-hydrogen) atoms. The highest BCUT2D eigenvalue weighted by Crippen LogP contribution is 2.49. The van der Waals surface area contributed by atoms with E-state index < -0.39 is 89.6 Å². The van der Waals surface area contributed by atoms with Crippen molar-refractivity contribution in [3.8, 4) is 0 Å². The topological polar surface area (TPSA) is 181 Å². The summed E-state index contributed by atoms with van der Waals surface area (Å²) in [6.45, 7) is 3.53. The second kappa shape index (κ2) is 11.4. The fraction of sp³-hybridized carbons (Fsp3) is 0.591. The van der Waals surface area contributed by atoms with Gasteiger partial charge in [0.2, 0.25) is 5.91 Å². The maximum Gasteiger partial charge on any atom is 0.356 e. The summed E-state index contributed by atoms with van der Waals surface area (Å²) >= 11 is 0. The van der Waals surface area contributed by atoms with Crippen LogP contribution in [0.25, 0.3) is 0 Å². The minimum absolute atomic E-state index is 0.502. The van der Waals surface area contributed by atoms with Crippen LogP contribution in [0.4, 0.5) is 0 Å². The predicted molar refractivity (Wildman–Crippen MR) is 116 cm³/mol. The van der Waals surface area contributed by atoms with E-state index in [1.54, 1.807) is 0 Å². The summed E-state index contributed by atoms with van der Waals surface area (Å²) in [4.78, 5) is 89.0. The van der Waals surface area contributed by atoms with Crippen LogP contribution in [0.5, 0.6) is 0 Å². The Hall–Kier alpha value is -4.01. The van der Waals surface area contributed by atoms with E-state index >= 15 is 0 Å². The summed E-state index contributed by atoms with van der Waals surface area (Å²) in [5, 5.41) is 1.60. The molecule has 0 aromatic carbocycles. The number of fused-ring (bicyclic) bond motifs is 1. The summed E-state index contributed by atoms with van der Waals surface area (Å²) in [6, 6.07) is -1.35. The van der Waals surface area contributed by atoms with Gasteiger partial charge in [0.25, 0.3) is 0 Å². The predicted octanol–water partition coefficient (Wildman–Crippen LogP) is -1.22. The Morgan fingerprint density at radius 3 is 1.92 bits per heavy atom. The molecule has 0 N–H and O–H groups in total. The molecule has 15 heteroatoms. The Kier molecular flexibility index (Phi) is 8.98. The molecule has 0 radical (unpaired) electrons. The maximum atomic E-state index is 13.5. The molecule has 204 valence electrons. The third kappa shape index (κ3) is 5.12. The molecule has 15 nitrogen and oxygen atoms in total. The Balaban J connectivity index is 2.96. The Labute approximate surface area is 211 Å². The molecular formula is C22H28N2O13. The minimum atomic E-state index is -2.51. The molecule has 0 saturated carbocycles. The Bertz CT molecular complexity index is 1050. The maximum absolute atomic E-state index is 13.5. The SMILES string of the molecule is COC(=O)C[C@]1(C(=O)OC)C(C(=O)OC)=C(C(=O)OC)N2C(=O)C[C@H]([C@@H](OC(C)=O)[C@H](C)OC(C)=O)N21. The smallest absolute Gasteiger partial charge is 0.356 e. The van der Waals surface area contributed by atoms with Crippen molar-refractivity contribution in [3.05, 3.63) is 11.3 Å². The van der Waals surface area contributed by atoms with E-state index in [1.165, 1.54) is 6.92 Å². The molecule has 0 spiro atoms. The molecule has 2 aliphatic heterocycles. The monoisotopic (exact) mass is 528 g/mol. The molecule has 0 unspecified atom stereocenters. The second-order valence-corrected chi connectivity index (χ2v) is 8.02. The third-order valence-corrected chi connectivity index (χ3v) is 5.82. The van der Waals surface area contributed by atoms with Gasteiger partial charge in [0.15, 0.2) is 17.3 Å². The second-order valence-electron chi connectivity index (χ2n) is 8.02. The van der Waals surface area contributed by atoms with Gasteiger partial charge in [-0.1, -0.05) is 0 Å². The number of ether oxygens (including phenoxy) is 6. The van der Waals surface area contributed by atoms with E-state index in [2.05, 4.69) is 0 Å². The first-order valence-electron chi connectivity index (χ1n) is 10.8. The lowest BCUT2D eigenvalue weighted by Gasteiger charge is -2.42. The number of hydrogen-bond acceptors (Lipinski definition) is 14. The van der Waals surface area contributed by atoms with E-state index in [4.69, 9.17) is 28.4 Å². The van der Waals surface area contributed by atoms with Crippen LogP contribution in [0.1, 0.15) is 33.6 Å². The summed E-state index contributed by atoms with van der Waals surface area (Å²) < 4.78 is 29.8. The fourth-order valence-corrected chi connectivity index (χ4v) is 4.53. The normalized spacial score (nSPS) is 22.5. The van der Waals surface area contributed by atoms with Crippen molar-refractivity contribution in [2.24, 2.45) is 0 Å². The Morgan fingerprint density at radius 2 is 1.46 bits per heavy atom. The summed E-state index contributed by atoms with van der Waals surface area (Å²) in [5.74, 6) is -7.17. The number of carbonyl (C=O) groups excluding carboxylic acids is 7. The largest absolute Gasteiger partial charge is 0.469 e. The highest BCUT2D eigenvalue weighted by atomic mass is 16.6. The zero-order valence-electron chi connectivity index (χ0n) is 21.3. The van der Waals surface area contributed by atoms with Gasteiger partial charge in [0.05, 0.1) is 40.9 Å². The van der Waals surface area contributed by atoms with Crippen molar-refractivity contribution in [1.82, 2.24) is 10.0 Å². The highest BCUT2D eigenvalue weighted by Gasteiger charge is 2.69. The van der Waals surface area contributed by atoms with E-state index in [0.717, 1.165) is 47.3 Å². The summed E-state index contributed by atoms with van der Waals surface area (Å²) in [7, 11) is 3.89. The van der Waals surface area contributed by atoms with E-state index in [-0.39, 0.29) is 0 Å². The van der Waals surface area contributed by atoms with Crippen LogP contribution in [0, 0.1) is 0 Å². The summed E-state index contributed by atoms with van der Waals surface area (Å²) in [5.41, 5.74) is -3.96. The first-order valence-corrected chi connectivity index (χ1v) is 10.8. The molecule has 0 aliphatic carbocycles. The average Bonchev–Trinajstić information content (AvgIpc) is 3.34. The van der Waals surface area contributed by atoms with Gasteiger partial charge < -0.3 is 28.4 Å². The summed E-state index contributed by atoms with van der Waals surface area (Å²) in [6.07, 6.45) is -4.04. The van der Waals surface area contributed by atoms with Crippen molar-refractivity contribution in [2.45, 2.75) is 57.4 Å². The third-order valence-electron chi connectivity index (χ3n) is 5.82. The fourth-order valence-electron chi connectivity index (χ4n) is 4.53. The van der Waals surface area contributed by atoms with Crippen LogP contribution < -0.4 is 0 Å². The lowest BCUT2D eigenvalue weighted by molar-refractivity contribution is -0.186. The number of methoxy groups -OCH3 is 4. The molecule has 0 aromatic rings. The molecular weight excluding hydrogens is 500 g/mol. The van der Waals surface area contributed by atoms with Gasteiger partial charge in [-0.3, -0.25) is 19.2 Å². The first-order chi connectivity index (χ1) is 17.3. The van der Waals surface area contributed by atoms with Crippen molar-refractivity contribution < 1.29 is 62.0 Å². The molecule has 2 aliphatic rings. The van der Waals surface area contributed by atoms with Crippen LogP contribution in [0.15, 0.2) is 11.3 Å². The first kappa shape index (κ1) is 29.2. The van der Waals surface area contributed by atoms with Crippen molar-refractivity contribution in [1.29, 1.82) is 0 Å². The van der Waals surface area contributed by atoms with Crippen LogP contribution in [0.2, 0.25) is 0 Å². The quantitative estimate of drug-likeness (QED) is 0.256. The van der Waals surface area contributed by atoms with Crippen LogP contribution >= 0.6 is 0 Å². The van der Waals surface area contributed by atoms with Gasteiger partial charge in [-0.2, -0.15) is 5.01 Å². The van der Waals surface area contributed by atoms with Crippen LogP contribution in [-0.2, 0) is 62.0 Å². The van der Waals surface area contributed by atoms with Crippen molar-refractivity contribution >= 4 is 41.7 Å². The van der Waals surface area contributed by atoms with Gasteiger partial charge in [0.1, 0.15) is 11.7 Å². The van der Waals surface area contributed by atoms with Gasteiger partial charge in [-0.05, 0) is 6.92 Å². The van der Waals surface area contributed by atoms with Crippen molar-refractivity contribution in [3.63, 3.8) is 0 Å². The van der Waals surface area contributed by atoms with Crippen LogP contribution in [0.3, 0.4) is 0 Å². The Morgan fingerprint density at radius 1 is 0.892 bits per heavy atom.